The Bertz CT molecular complexity index is 346. The first-order valence-electron chi connectivity index (χ1n) is 5.03. The molecule has 0 aliphatic heterocycles. The number of hydrogen-bond acceptors (Lipinski definition) is 3. The van der Waals surface area contributed by atoms with Crippen LogP contribution in [0.3, 0.4) is 0 Å². The van der Waals surface area contributed by atoms with E-state index in [1.54, 1.807) is 45.4 Å². The average molecular weight is 223 g/mol. The molecule has 16 heavy (non-hydrogen) atoms. The summed E-state index contributed by atoms with van der Waals surface area (Å²) >= 11 is 0. The van der Waals surface area contributed by atoms with Gasteiger partial charge < -0.3 is 15.3 Å². The number of amides is 2. The molecule has 88 valence electrons. The van der Waals surface area contributed by atoms with Crippen molar-refractivity contribution in [1.29, 1.82) is 0 Å². The van der Waals surface area contributed by atoms with E-state index in [4.69, 9.17) is 0 Å². The molecule has 1 rings (SSSR count). The van der Waals surface area contributed by atoms with Crippen LogP contribution in [0.4, 0.5) is 10.5 Å². The minimum absolute atomic E-state index is 0.256. The lowest BCUT2D eigenvalue weighted by molar-refractivity contribution is 0.0550. The number of nitrogens with one attached hydrogen (secondary N) is 1. The van der Waals surface area contributed by atoms with Crippen LogP contribution in [-0.2, 0) is 0 Å². The second-order valence-electron chi connectivity index (χ2n) is 4.33. The molecule has 0 saturated heterocycles. The van der Waals surface area contributed by atoms with E-state index in [0.29, 0.717) is 5.69 Å². The minimum atomic E-state index is -0.898. The number of hydrogen-bond donors (Lipinski definition) is 2. The molecule has 0 atom stereocenters. The fourth-order valence-corrected chi connectivity index (χ4v) is 1.31. The molecule has 0 aromatic carbocycles. The van der Waals surface area contributed by atoms with E-state index in [1.165, 1.54) is 4.90 Å². The Balaban J connectivity index is 2.53. The van der Waals surface area contributed by atoms with Crippen molar-refractivity contribution in [1.82, 2.24) is 9.88 Å². The lowest BCUT2D eigenvalue weighted by Crippen LogP contribution is -2.41. The van der Waals surface area contributed by atoms with E-state index in [9.17, 15) is 9.90 Å². The fraction of sp³-hybridized carbons (Fsp3) is 0.455. The van der Waals surface area contributed by atoms with E-state index >= 15 is 0 Å². The maximum absolute atomic E-state index is 11.7. The monoisotopic (exact) mass is 223 g/mol. The van der Waals surface area contributed by atoms with Crippen LogP contribution < -0.4 is 5.32 Å². The SMILES string of the molecule is CN(CC(C)(C)O)C(=O)Nc1ccncc1. The molecule has 0 aliphatic carbocycles. The lowest BCUT2D eigenvalue weighted by Gasteiger charge is -2.25. The van der Waals surface area contributed by atoms with Gasteiger partial charge in [0.1, 0.15) is 0 Å². The first-order chi connectivity index (χ1) is 7.38. The van der Waals surface area contributed by atoms with E-state index in [2.05, 4.69) is 10.3 Å². The van der Waals surface area contributed by atoms with Crippen LogP contribution >= 0.6 is 0 Å². The summed E-state index contributed by atoms with van der Waals surface area (Å²) in [5, 5.41) is 12.3. The van der Waals surface area contributed by atoms with Crippen LogP contribution in [0.15, 0.2) is 24.5 Å². The van der Waals surface area contributed by atoms with Gasteiger partial charge in [0.25, 0.3) is 0 Å². The molecule has 0 spiro atoms. The third kappa shape index (κ3) is 4.27. The number of aromatic nitrogens is 1. The zero-order chi connectivity index (χ0) is 12.2. The van der Waals surface area contributed by atoms with Gasteiger partial charge in [-0.2, -0.15) is 0 Å². The molecule has 0 fully saturated rings. The summed E-state index contributed by atoms with van der Waals surface area (Å²) in [7, 11) is 1.63. The van der Waals surface area contributed by atoms with Gasteiger partial charge in [-0.3, -0.25) is 4.98 Å². The van der Waals surface area contributed by atoms with Crippen molar-refractivity contribution in [2.24, 2.45) is 0 Å². The third-order valence-corrected chi connectivity index (χ3v) is 1.90. The topological polar surface area (TPSA) is 65.5 Å². The molecule has 2 N–H and O–H groups in total. The molecular formula is C11H17N3O2. The zero-order valence-corrected chi connectivity index (χ0v) is 9.77. The lowest BCUT2D eigenvalue weighted by atomic mass is 10.1. The van der Waals surface area contributed by atoms with Gasteiger partial charge in [-0.05, 0) is 26.0 Å². The first kappa shape index (κ1) is 12.4. The van der Waals surface area contributed by atoms with Crippen LogP contribution in [0.1, 0.15) is 13.8 Å². The molecule has 0 saturated carbocycles. The summed E-state index contributed by atoms with van der Waals surface area (Å²) in [6.45, 7) is 3.58. The molecule has 0 unspecified atom stereocenters. The molecule has 0 radical (unpaired) electrons. The average Bonchev–Trinajstić information content (AvgIpc) is 2.16. The molecule has 1 aromatic rings. The van der Waals surface area contributed by atoms with Gasteiger partial charge in [-0.15, -0.1) is 0 Å². The van der Waals surface area contributed by atoms with Crippen LogP contribution in [0.25, 0.3) is 0 Å². The molecule has 1 heterocycles. The number of anilines is 1. The zero-order valence-electron chi connectivity index (χ0n) is 9.77. The summed E-state index contributed by atoms with van der Waals surface area (Å²) in [5.74, 6) is 0. The number of rotatable bonds is 3. The standard InChI is InChI=1S/C11H17N3O2/c1-11(2,16)8-14(3)10(15)13-9-4-6-12-7-5-9/h4-7,16H,8H2,1-3H3,(H,12,13,15). The predicted octanol–water partition coefficient (Wildman–Crippen LogP) is 1.32. The number of carbonyl (C=O) groups is 1. The fourth-order valence-electron chi connectivity index (χ4n) is 1.31. The Labute approximate surface area is 95.1 Å². The number of nitrogens with zero attached hydrogens (tertiary/aromatic N) is 2. The molecule has 0 bridgehead atoms. The highest BCUT2D eigenvalue weighted by Gasteiger charge is 2.19. The number of urea groups is 1. The summed E-state index contributed by atoms with van der Waals surface area (Å²) in [4.78, 5) is 17.0. The van der Waals surface area contributed by atoms with E-state index < -0.39 is 5.60 Å². The first-order valence-corrected chi connectivity index (χ1v) is 5.03. The quantitative estimate of drug-likeness (QED) is 0.812. The van der Waals surface area contributed by atoms with Crippen molar-refractivity contribution in [3.63, 3.8) is 0 Å². The summed E-state index contributed by atoms with van der Waals surface area (Å²) in [6, 6.07) is 3.15. The van der Waals surface area contributed by atoms with E-state index in [1.807, 2.05) is 0 Å². The van der Waals surface area contributed by atoms with Gasteiger partial charge in [0.05, 0.1) is 12.1 Å². The van der Waals surface area contributed by atoms with Crippen LogP contribution in [0.2, 0.25) is 0 Å². The molecule has 5 heteroatoms. The summed E-state index contributed by atoms with van der Waals surface area (Å²) in [5.41, 5.74) is -0.216. The van der Waals surface area contributed by atoms with Gasteiger partial charge >= 0.3 is 6.03 Å². The molecule has 0 aliphatic rings. The van der Waals surface area contributed by atoms with Crippen LogP contribution in [-0.4, -0.2) is 40.2 Å². The van der Waals surface area contributed by atoms with Crippen molar-refractivity contribution in [3.8, 4) is 0 Å². The van der Waals surface area contributed by atoms with Crippen molar-refractivity contribution in [2.45, 2.75) is 19.4 Å². The smallest absolute Gasteiger partial charge is 0.321 e. The maximum Gasteiger partial charge on any atom is 0.321 e. The van der Waals surface area contributed by atoms with Gasteiger partial charge in [0.15, 0.2) is 0 Å². The van der Waals surface area contributed by atoms with Gasteiger partial charge in [0.2, 0.25) is 0 Å². The number of pyridine rings is 1. The van der Waals surface area contributed by atoms with Crippen LogP contribution in [0, 0.1) is 0 Å². The van der Waals surface area contributed by atoms with Crippen molar-refractivity contribution in [3.05, 3.63) is 24.5 Å². The van der Waals surface area contributed by atoms with Crippen molar-refractivity contribution < 1.29 is 9.90 Å². The van der Waals surface area contributed by atoms with E-state index in [0.717, 1.165) is 0 Å². The second-order valence-corrected chi connectivity index (χ2v) is 4.33. The maximum atomic E-state index is 11.7. The van der Waals surface area contributed by atoms with Gasteiger partial charge in [-0.1, -0.05) is 0 Å². The molecular weight excluding hydrogens is 206 g/mol. The molecule has 2 amide bonds. The minimum Gasteiger partial charge on any atom is -0.389 e. The Morgan fingerprint density at radius 1 is 1.50 bits per heavy atom. The summed E-state index contributed by atoms with van der Waals surface area (Å²) < 4.78 is 0. The highest BCUT2D eigenvalue weighted by molar-refractivity contribution is 5.89. The predicted molar refractivity (Wildman–Crippen MR) is 62.2 cm³/mol. The highest BCUT2D eigenvalue weighted by Crippen LogP contribution is 2.07. The number of carbonyl (C=O) groups excluding carboxylic acids is 1. The van der Waals surface area contributed by atoms with Crippen LogP contribution in [0.5, 0.6) is 0 Å². The third-order valence-electron chi connectivity index (χ3n) is 1.90. The number of likely N-dealkylation sites (N-methyl/N-ethyl adjacent to an activating group) is 1. The highest BCUT2D eigenvalue weighted by atomic mass is 16.3. The van der Waals surface area contributed by atoms with Crippen molar-refractivity contribution >= 4 is 11.7 Å². The normalized spacial score (nSPS) is 11.0. The second kappa shape index (κ2) is 4.94. The number of aliphatic hydroxyl groups is 1. The summed E-state index contributed by atoms with van der Waals surface area (Å²) in [6.07, 6.45) is 3.21. The Morgan fingerprint density at radius 3 is 2.56 bits per heavy atom. The molecule has 1 aromatic heterocycles. The van der Waals surface area contributed by atoms with Crippen molar-refractivity contribution in [2.75, 3.05) is 18.9 Å². The van der Waals surface area contributed by atoms with Gasteiger partial charge in [-0.25, -0.2) is 4.79 Å². The van der Waals surface area contributed by atoms with E-state index in [-0.39, 0.29) is 12.6 Å². The van der Waals surface area contributed by atoms with Gasteiger partial charge in [0, 0.05) is 25.1 Å². The largest absolute Gasteiger partial charge is 0.389 e. The Morgan fingerprint density at radius 2 is 2.06 bits per heavy atom. The Hall–Kier alpha value is -1.62. The molecule has 5 nitrogen and oxygen atoms in total. The Kier molecular flexibility index (Phi) is 3.84.